The van der Waals surface area contributed by atoms with Gasteiger partial charge in [0, 0.05) is 29.3 Å². The zero-order chi connectivity index (χ0) is 30.2. The van der Waals surface area contributed by atoms with E-state index in [-0.39, 0.29) is 17.9 Å². The number of carbonyl (C=O) groups is 1. The third-order valence-electron chi connectivity index (χ3n) is 7.30. The van der Waals surface area contributed by atoms with Crippen molar-refractivity contribution in [2.24, 2.45) is 5.10 Å². The molecule has 9 heteroatoms. The fourth-order valence-corrected chi connectivity index (χ4v) is 5.21. The average Bonchev–Trinajstić information content (AvgIpc) is 2.96. The summed E-state index contributed by atoms with van der Waals surface area (Å²) < 4.78 is 11.3. The van der Waals surface area contributed by atoms with Gasteiger partial charge in [0.25, 0.3) is 5.91 Å². The van der Waals surface area contributed by atoms with E-state index in [0.29, 0.717) is 35.0 Å². The fourth-order valence-electron chi connectivity index (χ4n) is 5.21. The number of nitrogens with zero attached hydrogens (tertiary/aromatic N) is 4. The van der Waals surface area contributed by atoms with Gasteiger partial charge in [-0.05, 0) is 74.9 Å². The lowest BCUT2D eigenvalue weighted by molar-refractivity contribution is -0.128. The molecule has 3 aromatic rings. The number of aryl methyl sites for hydroxylation is 1. The number of ether oxygens (including phenoxy) is 2. The number of benzene rings is 2. The smallest absolute Gasteiger partial charge is 0.267 e. The maximum absolute atomic E-state index is 13.6. The lowest BCUT2D eigenvalue weighted by Gasteiger charge is -2.31. The number of hydrogen-bond acceptors (Lipinski definition) is 8. The molecule has 0 saturated heterocycles. The first-order valence-electron chi connectivity index (χ1n) is 14.1. The predicted molar refractivity (Wildman–Crippen MR) is 169 cm³/mol. The van der Waals surface area contributed by atoms with Crippen molar-refractivity contribution in [1.82, 2.24) is 15.0 Å². The van der Waals surface area contributed by atoms with Crippen LogP contribution in [-0.4, -0.2) is 41.3 Å². The zero-order valence-electron chi connectivity index (χ0n) is 25.1. The van der Waals surface area contributed by atoms with Crippen LogP contribution in [0.3, 0.4) is 0 Å². The number of allylic oxidation sites excluding steroid dienone is 2. The Morgan fingerprint density at radius 1 is 1.07 bits per heavy atom. The Bertz CT molecular complexity index is 1500. The van der Waals surface area contributed by atoms with Gasteiger partial charge in [0.15, 0.2) is 11.5 Å². The molecule has 4 N–H and O–H groups in total. The van der Waals surface area contributed by atoms with Gasteiger partial charge in [-0.1, -0.05) is 42.3 Å². The van der Waals surface area contributed by atoms with Gasteiger partial charge in [-0.25, -0.2) is 9.99 Å². The number of carbonyl (C=O) groups excluding carboxylic acids is 1. The molecule has 0 fully saturated rings. The summed E-state index contributed by atoms with van der Waals surface area (Å²) in [4.78, 5) is 22.0. The fraction of sp³-hybridized carbons (Fsp3) is 0.333. The summed E-state index contributed by atoms with van der Waals surface area (Å²) in [5, 5.41) is 6.16. The van der Waals surface area contributed by atoms with Gasteiger partial charge in [-0.2, -0.15) is 10.1 Å². The van der Waals surface area contributed by atoms with E-state index in [1.807, 2.05) is 37.3 Å². The first-order valence-corrected chi connectivity index (χ1v) is 14.1. The molecule has 0 radical (unpaired) electrons. The summed E-state index contributed by atoms with van der Waals surface area (Å²) in [5.74, 6) is 1.31. The molecule has 2 heterocycles. The summed E-state index contributed by atoms with van der Waals surface area (Å²) in [7, 11) is 3.15. The number of nitrogens with two attached hydrogens (primary N) is 2. The van der Waals surface area contributed by atoms with Crippen molar-refractivity contribution in [1.29, 1.82) is 0 Å². The molecule has 42 heavy (non-hydrogen) atoms. The number of hydrazone groups is 1. The van der Waals surface area contributed by atoms with Gasteiger partial charge in [0.1, 0.15) is 5.82 Å². The summed E-state index contributed by atoms with van der Waals surface area (Å²) in [6.07, 6.45) is 11.6. The molecule has 0 saturated carbocycles. The van der Waals surface area contributed by atoms with Crippen molar-refractivity contribution < 1.29 is 14.3 Å². The Hall–Kier alpha value is -4.66. The maximum atomic E-state index is 13.6. The molecule has 1 amide bonds. The molecular formula is C33H40N6O3. The van der Waals surface area contributed by atoms with Gasteiger partial charge in [0.05, 0.1) is 26.5 Å². The van der Waals surface area contributed by atoms with E-state index in [1.165, 1.54) is 11.6 Å². The zero-order valence-corrected chi connectivity index (χ0v) is 25.1. The molecule has 2 aromatic carbocycles. The van der Waals surface area contributed by atoms with Gasteiger partial charge in [-0.15, -0.1) is 0 Å². The van der Waals surface area contributed by atoms with Crippen LogP contribution in [0.2, 0.25) is 0 Å². The third kappa shape index (κ3) is 7.15. The molecule has 1 aliphatic heterocycles. The first kappa shape index (κ1) is 30.3. The molecule has 1 atom stereocenters. The molecule has 1 aliphatic rings. The number of rotatable bonds is 11. The monoisotopic (exact) mass is 568 g/mol. The van der Waals surface area contributed by atoms with E-state index in [2.05, 4.69) is 41.1 Å². The van der Waals surface area contributed by atoms with Crippen molar-refractivity contribution in [3.05, 3.63) is 87.6 Å². The lowest BCUT2D eigenvalue weighted by atomic mass is 9.94. The second-order valence-electron chi connectivity index (χ2n) is 10.6. The van der Waals surface area contributed by atoms with E-state index >= 15 is 0 Å². The number of aromatic nitrogens is 2. The maximum Gasteiger partial charge on any atom is 0.267 e. The van der Waals surface area contributed by atoms with Crippen LogP contribution < -0.4 is 20.9 Å². The van der Waals surface area contributed by atoms with Crippen molar-refractivity contribution in [3.63, 3.8) is 0 Å². The molecule has 4 rings (SSSR count). The number of amides is 1. The number of methoxy groups -OCH3 is 2. The highest BCUT2D eigenvalue weighted by Crippen LogP contribution is 2.36. The summed E-state index contributed by atoms with van der Waals surface area (Å²) in [6.45, 7) is 6.07. The molecule has 0 bridgehead atoms. The summed E-state index contributed by atoms with van der Waals surface area (Å²) in [5.41, 5.74) is 18.4. The number of nitrogen functional groups attached to an aromatic ring is 2. The minimum atomic E-state index is -0.214. The van der Waals surface area contributed by atoms with Crippen LogP contribution in [-0.2, 0) is 11.2 Å². The van der Waals surface area contributed by atoms with Crippen LogP contribution in [0.4, 0.5) is 11.8 Å². The van der Waals surface area contributed by atoms with Crippen LogP contribution in [0.25, 0.3) is 6.08 Å². The Kier molecular flexibility index (Phi) is 9.96. The molecule has 1 unspecified atom stereocenters. The molecule has 220 valence electrons. The van der Waals surface area contributed by atoms with Crippen LogP contribution in [0.15, 0.2) is 59.2 Å². The van der Waals surface area contributed by atoms with Gasteiger partial charge < -0.3 is 20.9 Å². The quantitative estimate of drug-likeness (QED) is 0.164. The van der Waals surface area contributed by atoms with Gasteiger partial charge in [0.2, 0.25) is 5.95 Å². The highest BCUT2D eigenvalue weighted by Gasteiger charge is 2.28. The minimum Gasteiger partial charge on any atom is -0.493 e. The van der Waals surface area contributed by atoms with Gasteiger partial charge >= 0.3 is 0 Å². The number of unbranched alkanes of at least 4 members (excludes halogenated alkanes) is 2. The van der Waals surface area contributed by atoms with Crippen LogP contribution in [0.5, 0.6) is 11.5 Å². The molecule has 1 aromatic heterocycles. The highest BCUT2D eigenvalue weighted by molar-refractivity contribution is 5.95. The second kappa shape index (κ2) is 13.8. The van der Waals surface area contributed by atoms with E-state index in [0.717, 1.165) is 47.9 Å². The topological polar surface area (TPSA) is 129 Å². The summed E-state index contributed by atoms with van der Waals surface area (Å²) in [6, 6.07) is 11.8. The van der Waals surface area contributed by atoms with Crippen LogP contribution in [0.1, 0.15) is 79.1 Å². The first-order chi connectivity index (χ1) is 20.2. The Balaban J connectivity index is 1.61. The normalized spacial score (nSPS) is 14.1. The standard InChI is InChI=1S/C33H40N6O3/c1-21(2)11-7-6-8-14-28-26-13-10-9-12-25(26)20-36-39(28)30(40)16-15-24-17-23(19-29(41-4)31(24)42-5)18-27-22(3)37-33(35)38-32(27)34/h9-13,15-17,19-20,28H,6-8,14,18H2,1-5H3,(H4,34,35,37,38)/b16-15+. The average molecular weight is 569 g/mol. The van der Waals surface area contributed by atoms with Crippen LogP contribution >= 0.6 is 0 Å². The Morgan fingerprint density at radius 2 is 1.86 bits per heavy atom. The summed E-state index contributed by atoms with van der Waals surface area (Å²) >= 11 is 0. The minimum absolute atomic E-state index is 0.136. The van der Waals surface area contributed by atoms with Crippen LogP contribution in [0, 0.1) is 6.92 Å². The van der Waals surface area contributed by atoms with E-state index in [9.17, 15) is 4.79 Å². The lowest BCUT2D eigenvalue weighted by Crippen LogP contribution is -2.32. The highest BCUT2D eigenvalue weighted by atomic mass is 16.5. The van der Waals surface area contributed by atoms with Crippen molar-refractivity contribution in [2.75, 3.05) is 25.7 Å². The van der Waals surface area contributed by atoms with E-state index in [4.69, 9.17) is 20.9 Å². The number of anilines is 2. The SMILES string of the molecule is COc1cc(Cc2c(C)nc(N)nc2N)cc(/C=C/C(=O)N2N=Cc3ccccc3C2CCCCC=C(C)C)c1OC. The van der Waals surface area contributed by atoms with E-state index < -0.39 is 0 Å². The van der Waals surface area contributed by atoms with E-state index in [1.54, 1.807) is 31.5 Å². The predicted octanol–water partition coefficient (Wildman–Crippen LogP) is 6.01. The van der Waals surface area contributed by atoms with Crippen molar-refractivity contribution >= 4 is 30.0 Å². The molecule has 9 nitrogen and oxygen atoms in total. The largest absolute Gasteiger partial charge is 0.493 e. The molecule has 0 aliphatic carbocycles. The van der Waals surface area contributed by atoms with Crippen molar-refractivity contribution in [2.45, 2.75) is 58.9 Å². The third-order valence-corrected chi connectivity index (χ3v) is 7.30. The number of fused-ring (bicyclic) bond motifs is 1. The van der Waals surface area contributed by atoms with Gasteiger partial charge in [-0.3, -0.25) is 4.79 Å². The molecular weight excluding hydrogens is 528 g/mol. The number of hydrogen-bond donors (Lipinski definition) is 2. The van der Waals surface area contributed by atoms with Crippen molar-refractivity contribution in [3.8, 4) is 11.5 Å². The Morgan fingerprint density at radius 3 is 2.57 bits per heavy atom. The second-order valence-corrected chi connectivity index (χ2v) is 10.6. The Labute approximate surface area is 247 Å². The molecule has 0 spiro atoms.